The minimum absolute atomic E-state index is 0.131. The predicted molar refractivity (Wildman–Crippen MR) is 137 cm³/mol. The number of hydrogen-bond donors (Lipinski definition) is 1. The van der Waals surface area contributed by atoms with Crippen molar-refractivity contribution >= 4 is 27.5 Å². The fourth-order valence-corrected chi connectivity index (χ4v) is 4.92. The molecule has 0 saturated carbocycles. The lowest BCUT2D eigenvalue weighted by atomic mass is 10.1. The molecule has 0 heterocycles. The number of amides is 2. The Kier molecular flexibility index (Phi) is 9.67. The summed E-state index contributed by atoms with van der Waals surface area (Å²) < 4.78 is 26.4. The quantitative estimate of drug-likeness (QED) is 0.523. The Morgan fingerprint density at radius 1 is 1.06 bits per heavy atom. The monoisotopic (exact) mass is 487 g/mol. The number of carbonyl (C=O) groups excluding carboxylic acids is 2. The number of carbonyl (C=O) groups is 2. The first-order chi connectivity index (χ1) is 16.0. The Balaban J connectivity index is 2.19. The van der Waals surface area contributed by atoms with E-state index in [4.69, 9.17) is 0 Å². The van der Waals surface area contributed by atoms with Crippen LogP contribution in [0.2, 0.25) is 0 Å². The molecule has 8 heteroatoms. The molecule has 0 aromatic heterocycles. The lowest BCUT2D eigenvalue weighted by molar-refractivity contribution is -0.140. The Morgan fingerprint density at radius 2 is 1.74 bits per heavy atom. The number of benzene rings is 2. The number of nitrogens with one attached hydrogen (secondary N) is 1. The second kappa shape index (κ2) is 12.0. The van der Waals surface area contributed by atoms with E-state index >= 15 is 0 Å². The summed E-state index contributed by atoms with van der Waals surface area (Å²) >= 11 is 0. The first-order valence-corrected chi connectivity index (χ1v) is 13.5. The van der Waals surface area contributed by atoms with Crippen molar-refractivity contribution in [3.63, 3.8) is 0 Å². The van der Waals surface area contributed by atoms with Gasteiger partial charge in [-0.3, -0.25) is 13.9 Å². The summed E-state index contributed by atoms with van der Waals surface area (Å²) in [7, 11) is -3.52. The summed E-state index contributed by atoms with van der Waals surface area (Å²) in [5, 5.41) is 2.78. The lowest BCUT2D eigenvalue weighted by Crippen LogP contribution is -2.47. The smallest absolute Gasteiger partial charge is 0.242 e. The summed E-state index contributed by atoms with van der Waals surface area (Å²) in [5.41, 5.74) is 4.54. The second-order valence-electron chi connectivity index (χ2n) is 8.74. The van der Waals surface area contributed by atoms with E-state index in [1.165, 1.54) is 10.6 Å². The molecule has 0 bridgehead atoms. The van der Waals surface area contributed by atoms with Crippen LogP contribution in [0.15, 0.2) is 42.5 Å². The van der Waals surface area contributed by atoms with Crippen LogP contribution in [0.4, 0.5) is 5.69 Å². The fraction of sp³-hybridized carbons (Fsp3) is 0.462. The number of aryl methyl sites for hydroxylation is 2. The molecule has 0 saturated heterocycles. The highest BCUT2D eigenvalue weighted by atomic mass is 32.2. The van der Waals surface area contributed by atoms with Gasteiger partial charge in [-0.25, -0.2) is 8.42 Å². The molecule has 0 fully saturated rings. The van der Waals surface area contributed by atoms with Gasteiger partial charge in [0.25, 0.3) is 0 Å². The Labute approximate surface area is 204 Å². The Bertz CT molecular complexity index is 1110. The maximum absolute atomic E-state index is 13.2. The maximum Gasteiger partial charge on any atom is 0.242 e. The first-order valence-electron chi connectivity index (χ1n) is 11.6. The van der Waals surface area contributed by atoms with Crippen molar-refractivity contribution in [2.75, 3.05) is 23.7 Å². The van der Waals surface area contributed by atoms with E-state index < -0.39 is 16.1 Å². The molecule has 1 N–H and O–H groups in total. The topological polar surface area (TPSA) is 86.8 Å². The molecule has 2 rings (SSSR count). The van der Waals surface area contributed by atoms with Crippen molar-refractivity contribution in [1.82, 2.24) is 10.2 Å². The van der Waals surface area contributed by atoms with Gasteiger partial charge in [0.15, 0.2) is 0 Å². The van der Waals surface area contributed by atoms with E-state index in [1.54, 1.807) is 17.9 Å². The van der Waals surface area contributed by atoms with E-state index in [-0.39, 0.29) is 24.8 Å². The molecule has 2 aromatic rings. The van der Waals surface area contributed by atoms with Crippen LogP contribution in [-0.4, -0.2) is 50.5 Å². The van der Waals surface area contributed by atoms with Crippen LogP contribution in [0.3, 0.4) is 0 Å². The summed E-state index contributed by atoms with van der Waals surface area (Å²) in [4.78, 5) is 27.3. The van der Waals surface area contributed by atoms with E-state index in [9.17, 15) is 18.0 Å². The lowest BCUT2D eigenvalue weighted by Gasteiger charge is -2.29. The molecule has 7 nitrogen and oxygen atoms in total. The van der Waals surface area contributed by atoms with Crippen LogP contribution in [-0.2, 0) is 26.2 Å². The molecule has 0 radical (unpaired) electrons. The molecular formula is C26H37N3O4S. The van der Waals surface area contributed by atoms with Crippen LogP contribution in [0.5, 0.6) is 0 Å². The fourth-order valence-electron chi connectivity index (χ4n) is 3.90. The van der Waals surface area contributed by atoms with Crippen LogP contribution in [0, 0.1) is 20.8 Å². The molecule has 0 spiro atoms. The molecule has 34 heavy (non-hydrogen) atoms. The average Bonchev–Trinajstić information content (AvgIpc) is 2.76. The second-order valence-corrected chi connectivity index (χ2v) is 10.6. The number of anilines is 1. The maximum atomic E-state index is 13.2. The van der Waals surface area contributed by atoms with Crippen molar-refractivity contribution < 1.29 is 18.0 Å². The van der Waals surface area contributed by atoms with E-state index in [1.807, 2.05) is 64.1 Å². The molecule has 0 aliphatic carbocycles. The zero-order valence-electron chi connectivity index (χ0n) is 21.1. The van der Waals surface area contributed by atoms with Gasteiger partial charge in [0.2, 0.25) is 21.8 Å². The van der Waals surface area contributed by atoms with Gasteiger partial charge in [0.05, 0.1) is 11.9 Å². The van der Waals surface area contributed by atoms with Crippen molar-refractivity contribution in [3.8, 4) is 0 Å². The minimum Gasteiger partial charge on any atom is -0.355 e. The zero-order chi connectivity index (χ0) is 25.5. The molecular weight excluding hydrogens is 450 g/mol. The van der Waals surface area contributed by atoms with Gasteiger partial charge in [-0.15, -0.1) is 0 Å². The molecule has 2 amide bonds. The highest BCUT2D eigenvalue weighted by molar-refractivity contribution is 7.92. The largest absolute Gasteiger partial charge is 0.355 e. The third kappa shape index (κ3) is 7.32. The number of rotatable bonds is 11. The minimum atomic E-state index is -3.52. The van der Waals surface area contributed by atoms with Crippen molar-refractivity contribution in [3.05, 3.63) is 64.7 Å². The predicted octanol–water partition coefficient (Wildman–Crippen LogP) is 3.71. The van der Waals surface area contributed by atoms with Gasteiger partial charge in [-0.1, -0.05) is 42.0 Å². The highest BCUT2D eigenvalue weighted by Gasteiger charge is 2.26. The third-order valence-corrected chi connectivity index (χ3v) is 7.13. The van der Waals surface area contributed by atoms with Crippen LogP contribution < -0.4 is 9.62 Å². The van der Waals surface area contributed by atoms with Crippen LogP contribution in [0.1, 0.15) is 48.9 Å². The van der Waals surface area contributed by atoms with Gasteiger partial charge in [0, 0.05) is 26.1 Å². The number of hydrogen-bond acceptors (Lipinski definition) is 4. The van der Waals surface area contributed by atoms with Crippen molar-refractivity contribution in [2.45, 2.75) is 60.0 Å². The van der Waals surface area contributed by atoms with E-state index in [2.05, 4.69) is 5.32 Å². The number of sulfonamides is 1. The van der Waals surface area contributed by atoms with Crippen LogP contribution in [0.25, 0.3) is 0 Å². The Hall–Kier alpha value is -2.87. The van der Waals surface area contributed by atoms with Gasteiger partial charge < -0.3 is 10.2 Å². The van der Waals surface area contributed by atoms with Crippen molar-refractivity contribution in [1.29, 1.82) is 0 Å². The highest BCUT2D eigenvalue weighted by Crippen LogP contribution is 2.25. The molecule has 0 aliphatic heterocycles. The zero-order valence-corrected chi connectivity index (χ0v) is 21.9. The molecule has 186 valence electrons. The summed E-state index contributed by atoms with van der Waals surface area (Å²) in [6.45, 7) is 10.3. The first kappa shape index (κ1) is 27.4. The number of likely N-dealkylation sites (N-methyl/N-ethyl adjacent to an activating group) is 1. The molecule has 2 aromatic carbocycles. The summed E-state index contributed by atoms with van der Waals surface area (Å²) in [6, 6.07) is 12.8. The van der Waals surface area contributed by atoms with Crippen molar-refractivity contribution in [2.24, 2.45) is 0 Å². The van der Waals surface area contributed by atoms with Gasteiger partial charge in [0.1, 0.15) is 6.04 Å². The molecule has 1 atom stereocenters. The van der Waals surface area contributed by atoms with Gasteiger partial charge in [-0.2, -0.15) is 0 Å². The number of nitrogens with zero attached hydrogens (tertiary/aromatic N) is 2. The van der Waals surface area contributed by atoms with E-state index in [0.717, 1.165) is 22.3 Å². The average molecular weight is 488 g/mol. The third-order valence-electron chi connectivity index (χ3n) is 5.95. The SMILES string of the molecule is CCNC(=O)[C@H](C)N(Cc1cccc(C)c1)C(=O)CCCN(c1cccc(C)c1C)S(C)(=O)=O. The summed E-state index contributed by atoms with van der Waals surface area (Å²) in [6.07, 6.45) is 1.65. The molecule has 0 unspecified atom stereocenters. The van der Waals surface area contributed by atoms with Gasteiger partial charge >= 0.3 is 0 Å². The van der Waals surface area contributed by atoms with Crippen LogP contribution >= 0.6 is 0 Å². The van der Waals surface area contributed by atoms with Gasteiger partial charge in [-0.05, 0) is 63.8 Å². The molecule has 0 aliphatic rings. The normalized spacial score (nSPS) is 12.2. The van der Waals surface area contributed by atoms with E-state index in [0.29, 0.717) is 25.2 Å². The standard InChI is InChI=1S/C26H37N3O4S/c1-7-27-26(31)22(5)28(18-23-13-8-11-19(2)17-23)25(30)15-10-16-29(34(6,32)33)24-14-9-12-20(3)21(24)4/h8-9,11-14,17,22H,7,10,15-16,18H2,1-6H3,(H,27,31)/t22-/m0/s1. The Morgan fingerprint density at radius 3 is 2.35 bits per heavy atom. The summed E-state index contributed by atoms with van der Waals surface area (Å²) in [5.74, 6) is -0.397.